The SMILES string of the molecule is COc1ccc(C=NNC(=O)c2cccc(N(C)C)c2)c(Cl)c1. The summed E-state index contributed by atoms with van der Waals surface area (Å²) in [6, 6.07) is 12.5. The van der Waals surface area contributed by atoms with Crippen molar-refractivity contribution in [3.05, 3.63) is 58.6 Å². The molecule has 0 heterocycles. The molecule has 2 rings (SSSR count). The molecule has 0 aliphatic carbocycles. The number of methoxy groups -OCH3 is 1. The topological polar surface area (TPSA) is 53.9 Å². The third-order valence-corrected chi connectivity index (χ3v) is 3.53. The second kappa shape index (κ2) is 7.65. The van der Waals surface area contributed by atoms with Crippen LogP contribution < -0.4 is 15.1 Å². The average Bonchev–Trinajstić information content (AvgIpc) is 2.56. The standard InChI is InChI=1S/C17H18ClN3O2/c1-21(2)14-6-4-5-12(9-14)17(22)20-19-11-13-7-8-15(23-3)10-16(13)18/h4-11H,1-3H3,(H,20,22). The number of halogens is 1. The molecule has 0 spiro atoms. The molecular weight excluding hydrogens is 314 g/mol. The third kappa shape index (κ3) is 4.47. The summed E-state index contributed by atoms with van der Waals surface area (Å²) < 4.78 is 5.08. The summed E-state index contributed by atoms with van der Waals surface area (Å²) in [4.78, 5) is 14.0. The zero-order chi connectivity index (χ0) is 16.8. The summed E-state index contributed by atoms with van der Waals surface area (Å²) in [7, 11) is 5.41. The molecule has 0 aliphatic heterocycles. The van der Waals surface area contributed by atoms with Crippen LogP contribution in [-0.4, -0.2) is 33.3 Å². The zero-order valence-corrected chi connectivity index (χ0v) is 14.0. The van der Waals surface area contributed by atoms with Gasteiger partial charge in [0.2, 0.25) is 0 Å². The molecule has 1 N–H and O–H groups in total. The lowest BCUT2D eigenvalue weighted by Gasteiger charge is -2.12. The molecule has 120 valence electrons. The van der Waals surface area contributed by atoms with Crippen LogP contribution in [-0.2, 0) is 0 Å². The van der Waals surface area contributed by atoms with Crippen LogP contribution in [0.3, 0.4) is 0 Å². The molecular formula is C17H18ClN3O2. The maximum Gasteiger partial charge on any atom is 0.271 e. The van der Waals surface area contributed by atoms with Crippen molar-refractivity contribution >= 4 is 29.4 Å². The van der Waals surface area contributed by atoms with Crippen LogP contribution in [0, 0.1) is 0 Å². The van der Waals surface area contributed by atoms with Gasteiger partial charge in [0.05, 0.1) is 18.3 Å². The second-order valence-electron chi connectivity index (χ2n) is 5.03. The highest BCUT2D eigenvalue weighted by atomic mass is 35.5. The van der Waals surface area contributed by atoms with Crippen molar-refractivity contribution in [1.29, 1.82) is 0 Å². The summed E-state index contributed by atoms with van der Waals surface area (Å²) in [5.74, 6) is 0.381. The molecule has 5 nitrogen and oxygen atoms in total. The van der Waals surface area contributed by atoms with E-state index in [0.29, 0.717) is 21.9 Å². The largest absolute Gasteiger partial charge is 0.497 e. The first kappa shape index (κ1) is 16.8. The number of ether oxygens (including phenoxy) is 1. The highest BCUT2D eigenvalue weighted by Gasteiger charge is 2.06. The summed E-state index contributed by atoms with van der Waals surface area (Å²) in [5, 5.41) is 4.44. The minimum Gasteiger partial charge on any atom is -0.497 e. The summed E-state index contributed by atoms with van der Waals surface area (Å²) >= 11 is 6.11. The monoisotopic (exact) mass is 331 g/mol. The van der Waals surface area contributed by atoms with Crippen LogP contribution in [0.2, 0.25) is 5.02 Å². The zero-order valence-electron chi connectivity index (χ0n) is 13.2. The molecule has 1 amide bonds. The van der Waals surface area contributed by atoms with Crippen LogP contribution in [0.1, 0.15) is 15.9 Å². The molecule has 0 aliphatic rings. The Labute approximate surface area is 140 Å². The van der Waals surface area contributed by atoms with Gasteiger partial charge in [-0.1, -0.05) is 17.7 Å². The van der Waals surface area contributed by atoms with Crippen molar-refractivity contribution in [2.75, 3.05) is 26.1 Å². The van der Waals surface area contributed by atoms with E-state index in [1.54, 1.807) is 37.4 Å². The second-order valence-corrected chi connectivity index (χ2v) is 5.44. The van der Waals surface area contributed by atoms with Gasteiger partial charge < -0.3 is 9.64 Å². The highest BCUT2D eigenvalue weighted by Crippen LogP contribution is 2.20. The molecule has 0 fully saturated rings. The smallest absolute Gasteiger partial charge is 0.271 e. The molecule has 0 aromatic heterocycles. The van der Waals surface area contributed by atoms with Crippen molar-refractivity contribution in [3.63, 3.8) is 0 Å². The van der Waals surface area contributed by atoms with Crippen molar-refractivity contribution < 1.29 is 9.53 Å². The van der Waals surface area contributed by atoms with E-state index in [1.165, 1.54) is 6.21 Å². The summed E-state index contributed by atoms with van der Waals surface area (Å²) in [6.07, 6.45) is 1.50. The number of benzene rings is 2. The summed E-state index contributed by atoms with van der Waals surface area (Å²) in [6.45, 7) is 0. The van der Waals surface area contributed by atoms with Crippen LogP contribution in [0.25, 0.3) is 0 Å². The van der Waals surface area contributed by atoms with Crippen LogP contribution in [0.15, 0.2) is 47.6 Å². The van der Waals surface area contributed by atoms with Crippen LogP contribution in [0.5, 0.6) is 5.75 Å². The van der Waals surface area contributed by atoms with Gasteiger partial charge in [-0.15, -0.1) is 0 Å². The average molecular weight is 332 g/mol. The number of anilines is 1. The minimum atomic E-state index is -0.283. The van der Waals surface area contributed by atoms with Gasteiger partial charge in [0, 0.05) is 30.9 Å². The van der Waals surface area contributed by atoms with Crippen LogP contribution in [0.4, 0.5) is 5.69 Å². The van der Waals surface area contributed by atoms with Crippen LogP contribution >= 0.6 is 11.6 Å². The number of hydrogen-bond acceptors (Lipinski definition) is 4. The molecule has 0 saturated carbocycles. The maximum atomic E-state index is 12.1. The van der Waals surface area contributed by atoms with E-state index in [2.05, 4.69) is 10.5 Å². The fraction of sp³-hybridized carbons (Fsp3) is 0.176. The molecule has 6 heteroatoms. The molecule has 0 saturated heterocycles. The number of nitrogens with one attached hydrogen (secondary N) is 1. The molecule has 0 unspecified atom stereocenters. The normalized spacial score (nSPS) is 10.6. The van der Waals surface area contributed by atoms with Gasteiger partial charge in [0.1, 0.15) is 5.75 Å². The number of rotatable bonds is 5. The van der Waals surface area contributed by atoms with Gasteiger partial charge in [-0.3, -0.25) is 4.79 Å². The fourth-order valence-corrected chi connectivity index (χ4v) is 2.11. The Bertz CT molecular complexity index is 730. The highest BCUT2D eigenvalue weighted by molar-refractivity contribution is 6.33. The van der Waals surface area contributed by atoms with E-state index < -0.39 is 0 Å². The molecule has 0 atom stereocenters. The number of carbonyl (C=O) groups is 1. The van der Waals surface area contributed by atoms with E-state index in [1.807, 2.05) is 31.1 Å². The number of nitrogens with zero attached hydrogens (tertiary/aromatic N) is 2. The first-order valence-corrected chi connectivity index (χ1v) is 7.33. The lowest BCUT2D eigenvalue weighted by molar-refractivity contribution is 0.0955. The van der Waals surface area contributed by atoms with Gasteiger partial charge in [0.25, 0.3) is 5.91 Å². The van der Waals surface area contributed by atoms with Gasteiger partial charge >= 0.3 is 0 Å². The Hall–Kier alpha value is -2.53. The number of hydrogen-bond donors (Lipinski definition) is 1. The van der Waals surface area contributed by atoms with Crippen molar-refractivity contribution in [3.8, 4) is 5.75 Å². The van der Waals surface area contributed by atoms with Crippen molar-refractivity contribution in [2.45, 2.75) is 0 Å². The quantitative estimate of drug-likeness (QED) is 0.676. The lowest BCUT2D eigenvalue weighted by Crippen LogP contribution is -2.18. The van der Waals surface area contributed by atoms with E-state index in [0.717, 1.165) is 5.69 Å². The molecule has 0 bridgehead atoms. The molecule has 23 heavy (non-hydrogen) atoms. The van der Waals surface area contributed by atoms with Gasteiger partial charge in [0.15, 0.2) is 0 Å². The Morgan fingerprint density at radius 3 is 2.70 bits per heavy atom. The maximum absolute atomic E-state index is 12.1. The molecule has 2 aromatic carbocycles. The third-order valence-electron chi connectivity index (χ3n) is 3.20. The predicted molar refractivity (Wildman–Crippen MR) is 93.8 cm³/mol. The Kier molecular flexibility index (Phi) is 5.60. The first-order chi connectivity index (χ1) is 11.0. The van der Waals surface area contributed by atoms with Gasteiger partial charge in [-0.05, 0) is 36.4 Å². The van der Waals surface area contributed by atoms with E-state index >= 15 is 0 Å². The predicted octanol–water partition coefficient (Wildman–Crippen LogP) is 3.18. The Morgan fingerprint density at radius 2 is 2.04 bits per heavy atom. The van der Waals surface area contributed by atoms with Crippen molar-refractivity contribution in [1.82, 2.24) is 5.43 Å². The fourth-order valence-electron chi connectivity index (χ4n) is 1.89. The Balaban J connectivity index is 2.05. The Morgan fingerprint density at radius 1 is 1.26 bits per heavy atom. The van der Waals surface area contributed by atoms with Gasteiger partial charge in [-0.2, -0.15) is 5.10 Å². The molecule has 2 aromatic rings. The number of carbonyl (C=O) groups excluding carboxylic acids is 1. The molecule has 0 radical (unpaired) electrons. The van der Waals surface area contributed by atoms with E-state index in [-0.39, 0.29) is 5.91 Å². The summed E-state index contributed by atoms with van der Waals surface area (Å²) in [5.41, 5.74) is 4.66. The minimum absolute atomic E-state index is 0.283. The van der Waals surface area contributed by atoms with E-state index in [4.69, 9.17) is 16.3 Å². The van der Waals surface area contributed by atoms with E-state index in [9.17, 15) is 4.79 Å². The lowest BCUT2D eigenvalue weighted by atomic mass is 10.2. The number of amides is 1. The van der Waals surface area contributed by atoms with Gasteiger partial charge in [-0.25, -0.2) is 5.43 Å². The first-order valence-electron chi connectivity index (χ1n) is 6.95. The van der Waals surface area contributed by atoms with Crippen molar-refractivity contribution in [2.24, 2.45) is 5.10 Å². The number of hydrazone groups is 1.